The van der Waals surface area contributed by atoms with Gasteiger partial charge in [-0.1, -0.05) is 23.2 Å². The molecule has 100 valence electrons. The highest BCUT2D eigenvalue weighted by Gasteiger charge is 2.12. The molecule has 1 rings (SSSR count). The smallest absolute Gasteiger partial charge is 0.153 e. The maximum absolute atomic E-state index is 10.9. The van der Waals surface area contributed by atoms with E-state index in [0.717, 1.165) is 0 Å². The highest BCUT2D eigenvalue weighted by atomic mass is 35.5. The van der Waals surface area contributed by atoms with Crippen LogP contribution in [0.3, 0.4) is 0 Å². The molecule has 0 aliphatic rings. The molecule has 0 heterocycles. The number of aldehydes is 1. The van der Waals surface area contributed by atoms with Crippen molar-refractivity contribution in [3.05, 3.63) is 27.7 Å². The van der Waals surface area contributed by atoms with E-state index in [2.05, 4.69) is 0 Å². The minimum absolute atomic E-state index is 0.222. The number of carbonyl (C=O) groups is 1. The molecule has 0 bridgehead atoms. The van der Waals surface area contributed by atoms with Gasteiger partial charge in [0, 0.05) is 5.02 Å². The molecule has 0 aliphatic carbocycles. The van der Waals surface area contributed by atoms with Gasteiger partial charge in [-0.05, 0) is 32.9 Å². The summed E-state index contributed by atoms with van der Waals surface area (Å²) >= 11 is 11.8. The van der Waals surface area contributed by atoms with E-state index < -0.39 is 0 Å². The van der Waals surface area contributed by atoms with Crippen LogP contribution < -0.4 is 4.74 Å². The first kappa shape index (κ1) is 15.3. The van der Waals surface area contributed by atoms with Crippen LogP contribution in [0.1, 0.15) is 31.1 Å². The van der Waals surface area contributed by atoms with Gasteiger partial charge in [0.1, 0.15) is 12.4 Å². The molecular formula is C13H16Cl2O3. The summed E-state index contributed by atoms with van der Waals surface area (Å²) in [4.78, 5) is 10.9. The standard InChI is InChI=1S/C13H16Cl2O3/c1-13(2,3)18-5-4-17-12-9(8-16)6-10(14)7-11(12)15/h6-8H,4-5H2,1-3H3. The lowest BCUT2D eigenvalue weighted by Gasteiger charge is -2.20. The van der Waals surface area contributed by atoms with Crippen LogP contribution in [0.15, 0.2) is 12.1 Å². The first-order chi connectivity index (χ1) is 8.33. The zero-order chi connectivity index (χ0) is 13.8. The van der Waals surface area contributed by atoms with Gasteiger partial charge in [0.25, 0.3) is 0 Å². The van der Waals surface area contributed by atoms with E-state index in [1.165, 1.54) is 12.1 Å². The Labute approximate surface area is 117 Å². The molecule has 0 aromatic heterocycles. The van der Waals surface area contributed by atoms with Crippen LogP contribution in [0.4, 0.5) is 0 Å². The maximum atomic E-state index is 10.9. The molecule has 0 unspecified atom stereocenters. The SMILES string of the molecule is CC(C)(C)OCCOc1c(Cl)cc(Cl)cc1C=O. The van der Waals surface area contributed by atoms with E-state index in [9.17, 15) is 4.79 Å². The molecule has 0 N–H and O–H groups in total. The van der Waals surface area contributed by atoms with E-state index in [1.807, 2.05) is 20.8 Å². The fraction of sp³-hybridized carbons (Fsp3) is 0.462. The van der Waals surface area contributed by atoms with Gasteiger partial charge in [-0.2, -0.15) is 0 Å². The molecule has 5 heteroatoms. The Morgan fingerprint density at radius 2 is 1.89 bits per heavy atom. The number of carbonyl (C=O) groups excluding carboxylic acids is 1. The lowest BCUT2D eigenvalue weighted by atomic mass is 10.2. The molecule has 0 spiro atoms. The summed E-state index contributed by atoms with van der Waals surface area (Å²) in [5.74, 6) is 0.341. The maximum Gasteiger partial charge on any atom is 0.153 e. The van der Waals surface area contributed by atoms with Crippen LogP contribution in [0, 0.1) is 0 Å². The molecule has 0 amide bonds. The Balaban J connectivity index is 2.65. The summed E-state index contributed by atoms with van der Waals surface area (Å²) in [6.45, 7) is 6.61. The number of ether oxygens (including phenoxy) is 2. The first-order valence-corrected chi connectivity index (χ1v) is 6.30. The zero-order valence-corrected chi connectivity index (χ0v) is 12.1. The van der Waals surface area contributed by atoms with Crippen LogP contribution >= 0.6 is 23.2 Å². The summed E-state index contributed by atoms with van der Waals surface area (Å²) < 4.78 is 11.0. The Bertz CT molecular complexity index is 425. The molecule has 1 aromatic rings. The van der Waals surface area contributed by atoms with Crippen LogP contribution in [0.25, 0.3) is 0 Å². The summed E-state index contributed by atoms with van der Waals surface area (Å²) in [7, 11) is 0. The van der Waals surface area contributed by atoms with Crippen LogP contribution in [-0.4, -0.2) is 25.1 Å². The minimum Gasteiger partial charge on any atom is -0.489 e. The van der Waals surface area contributed by atoms with Crippen molar-refractivity contribution in [2.75, 3.05) is 13.2 Å². The van der Waals surface area contributed by atoms with Gasteiger partial charge >= 0.3 is 0 Å². The van der Waals surface area contributed by atoms with Crippen LogP contribution in [0.5, 0.6) is 5.75 Å². The van der Waals surface area contributed by atoms with E-state index in [-0.39, 0.29) is 5.60 Å². The summed E-state index contributed by atoms with van der Waals surface area (Å²) in [6.07, 6.45) is 0.664. The molecule has 0 fully saturated rings. The van der Waals surface area contributed by atoms with E-state index in [0.29, 0.717) is 40.9 Å². The Hall–Kier alpha value is -0.770. The third-order valence-corrected chi connectivity index (χ3v) is 2.53. The van der Waals surface area contributed by atoms with E-state index in [1.54, 1.807) is 0 Å². The van der Waals surface area contributed by atoms with Gasteiger partial charge in [0.05, 0.1) is 22.8 Å². The largest absolute Gasteiger partial charge is 0.489 e. The third kappa shape index (κ3) is 4.84. The average Bonchev–Trinajstić information content (AvgIpc) is 2.24. The van der Waals surface area contributed by atoms with Crippen molar-refractivity contribution in [2.45, 2.75) is 26.4 Å². The van der Waals surface area contributed by atoms with Gasteiger partial charge < -0.3 is 9.47 Å². The Morgan fingerprint density at radius 1 is 1.22 bits per heavy atom. The highest BCUT2D eigenvalue weighted by molar-refractivity contribution is 6.36. The third-order valence-electron chi connectivity index (χ3n) is 2.03. The summed E-state index contributed by atoms with van der Waals surface area (Å²) in [5, 5.41) is 0.723. The monoisotopic (exact) mass is 290 g/mol. The van der Waals surface area contributed by atoms with Crippen molar-refractivity contribution in [1.82, 2.24) is 0 Å². The van der Waals surface area contributed by atoms with Crippen LogP contribution in [-0.2, 0) is 4.74 Å². The fourth-order valence-electron chi connectivity index (χ4n) is 1.31. The van der Waals surface area contributed by atoms with Gasteiger partial charge in [-0.15, -0.1) is 0 Å². The Kier molecular flexibility index (Phi) is 5.45. The van der Waals surface area contributed by atoms with E-state index >= 15 is 0 Å². The zero-order valence-electron chi connectivity index (χ0n) is 10.6. The number of halogens is 2. The van der Waals surface area contributed by atoms with E-state index in [4.69, 9.17) is 32.7 Å². The molecule has 0 saturated heterocycles. The molecule has 0 aliphatic heterocycles. The quantitative estimate of drug-likeness (QED) is 0.607. The van der Waals surface area contributed by atoms with Crippen molar-refractivity contribution in [1.29, 1.82) is 0 Å². The fourth-order valence-corrected chi connectivity index (χ4v) is 1.88. The van der Waals surface area contributed by atoms with Crippen LogP contribution in [0.2, 0.25) is 10.0 Å². The molecular weight excluding hydrogens is 275 g/mol. The summed E-state index contributed by atoms with van der Waals surface area (Å²) in [5.41, 5.74) is 0.115. The van der Waals surface area contributed by atoms with Crippen molar-refractivity contribution < 1.29 is 14.3 Å². The van der Waals surface area contributed by atoms with Gasteiger partial charge in [0.15, 0.2) is 6.29 Å². The molecule has 0 saturated carbocycles. The minimum atomic E-state index is -0.222. The first-order valence-electron chi connectivity index (χ1n) is 5.54. The predicted octanol–water partition coefficient (Wildman–Crippen LogP) is 4.00. The molecule has 0 radical (unpaired) electrons. The molecule has 1 aromatic carbocycles. The molecule has 18 heavy (non-hydrogen) atoms. The highest BCUT2D eigenvalue weighted by Crippen LogP contribution is 2.31. The molecule has 0 atom stereocenters. The van der Waals surface area contributed by atoms with Crippen molar-refractivity contribution in [3.8, 4) is 5.75 Å². The topological polar surface area (TPSA) is 35.5 Å². The lowest BCUT2D eigenvalue weighted by Crippen LogP contribution is -2.22. The van der Waals surface area contributed by atoms with Crippen molar-refractivity contribution in [2.24, 2.45) is 0 Å². The number of hydrogen-bond acceptors (Lipinski definition) is 3. The average molecular weight is 291 g/mol. The molecule has 3 nitrogen and oxygen atoms in total. The second-order valence-corrected chi connectivity index (χ2v) is 5.58. The summed E-state index contributed by atoms with van der Waals surface area (Å²) in [6, 6.07) is 3.05. The van der Waals surface area contributed by atoms with Crippen molar-refractivity contribution >= 4 is 29.5 Å². The lowest BCUT2D eigenvalue weighted by molar-refractivity contribution is -0.0163. The normalized spacial score (nSPS) is 11.4. The second-order valence-electron chi connectivity index (χ2n) is 4.73. The second kappa shape index (κ2) is 6.41. The number of hydrogen-bond donors (Lipinski definition) is 0. The van der Waals surface area contributed by atoms with Crippen molar-refractivity contribution in [3.63, 3.8) is 0 Å². The van der Waals surface area contributed by atoms with Gasteiger partial charge in [-0.25, -0.2) is 0 Å². The number of rotatable bonds is 5. The predicted molar refractivity (Wildman–Crippen MR) is 73.0 cm³/mol. The van der Waals surface area contributed by atoms with Gasteiger partial charge in [0.2, 0.25) is 0 Å². The van der Waals surface area contributed by atoms with Gasteiger partial charge in [-0.3, -0.25) is 4.79 Å². The number of benzene rings is 1. The Morgan fingerprint density at radius 3 is 2.44 bits per heavy atom.